The molecule has 0 spiro atoms. The van der Waals surface area contributed by atoms with E-state index in [0.717, 1.165) is 33.9 Å². The molecule has 4 rings (SSSR count). The van der Waals surface area contributed by atoms with E-state index in [4.69, 9.17) is 0 Å². The molecule has 1 radical (unpaired) electrons. The molecule has 2 aromatic heterocycles. The Hall–Kier alpha value is -2.30. The number of hydrogen-bond donors (Lipinski definition) is 0. The third-order valence-electron chi connectivity index (χ3n) is 5.38. The Kier molecular flexibility index (Phi) is 6.06. The van der Waals surface area contributed by atoms with Crippen LogP contribution in [-0.4, -0.2) is 24.3 Å². The number of nitrogens with zero attached hydrogens (tertiary/aromatic N) is 5. The van der Waals surface area contributed by atoms with Crippen molar-refractivity contribution in [2.45, 2.75) is 46.5 Å². The number of imidazole rings is 1. The molecule has 29 heavy (non-hydrogen) atoms. The van der Waals surface area contributed by atoms with Crippen LogP contribution in [0.4, 0.5) is 0 Å². The average Bonchev–Trinajstić information content (AvgIpc) is 3.26. The molecule has 0 saturated carbocycles. The Morgan fingerprint density at radius 2 is 1.69 bits per heavy atom. The zero-order valence-electron chi connectivity index (χ0n) is 17.7. The van der Waals surface area contributed by atoms with Crippen LogP contribution in [0, 0.1) is 13.0 Å². The first-order valence-corrected chi connectivity index (χ1v) is 9.76. The van der Waals surface area contributed by atoms with Gasteiger partial charge < -0.3 is 4.57 Å². The zero-order chi connectivity index (χ0) is 20.0. The summed E-state index contributed by atoms with van der Waals surface area (Å²) in [6, 6.07) is 13.9. The summed E-state index contributed by atoms with van der Waals surface area (Å²) in [5.41, 5.74) is 6.61. The molecule has 0 aliphatic carbocycles. The van der Waals surface area contributed by atoms with E-state index in [9.17, 15) is 0 Å². The second kappa shape index (κ2) is 8.21. The smallest absolute Gasteiger partial charge is 0.127 e. The molecule has 0 unspecified atom stereocenters. The number of para-hydroxylation sites is 1. The molecular formula is C23H26IrN5-. The number of hydrogen-bond acceptors (Lipinski definition) is 3. The summed E-state index contributed by atoms with van der Waals surface area (Å²) in [6.07, 6.45) is 1.63. The third kappa shape index (κ3) is 3.67. The van der Waals surface area contributed by atoms with Gasteiger partial charge in [0.1, 0.15) is 6.33 Å². The molecule has 4 aromatic rings. The Labute approximate surface area is 185 Å². The van der Waals surface area contributed by atoms with Crippen molar-refractivity contribution in [3.63, 3.8) is 0 Å². The summed E-state index contributed by atoms with van der Waals surface area (Å²) >= 11 is 0. The molecule has 153 valence electrons. The van der Waals surface area contributed by atoms with Gasteiger partial charge in [0.05, 0.1) is 17.3 Å². The molecule has 6 heteroatoms. The van der Waals surface area contributed by atoms with E-state index in [2.05, 4.69) is 77.7 Å². The minimum Gasteiger partial charge on any atom is -0.349 e. The van der Waals surface area contributed by atoms with Crippen LogP contribution >= 0.6 is 0 Å². The van der Waals surface area contributed by atoms with E-state index in [1.807, 2.05) is 24.7 Å². The van der Waals surface area contributed by atoms with Crippen LogP contribution in [-0.2, 0) is 27.2 Å². The molecule has 2 heterocycles. The van der Waals surface area contributed by atoms with Crippen molar-refractivity contribution in [2.24, 2.45) is 7.05 Å². The molecule has 0 bridgehead atoms. The van der Waals surface area contributed by atoms with Gasteiger partial charge >= 0.3 is 0 Å². The van der Waals surface area contributed by atoms with Gasteiger partial charge in [-0.1, -0.05) is 45.9 Å². The van der Waals surface area contributed by atoms with Gasteiger partial charge in [0.25, 0.3) is 0 Å². The number of benzene rings is 2. The van der Waals surface area contributed by atoms with Crippen LogP contribution in [0.3, 0.4) is 0 Å². The van der Waals surface area contributed by atoms with E-state index in [0.29, 0.717) is 11.8 Å². The zero-order valence-corrected chi connectivity index (χ0v) is 20.1. The number of rotatable bonds is 4. The van der Waals surface area contributed by atoms with Gasteiger partial charge in [-0.15, -0.1) is 23.8 Å². The molecule has 5 nitrogen and oxygen atoms in total. The van der Waals surface area contributed by atoms with Crippen molar-refractivity contribution in [3.8, 4) is 17.1 Å². The van der Waals surface area contributed by atoms with Crippen LogP contribution in [0.25, 0.3) is 28.1 Å². The summed E-state index contributed by atoms with van der Waals surface area (Å²) in [4.78, 5) is 9.18. The summed E-state index contributed by atoms with van der Waals surface area (Å²) in [7, 11) is 2.03. The third-order valence-corrected chi connectivity index (χ3v) is 5.38. The first-order valence-electron chi connectivity index (χ1n) is 9.76. The summed E-state index contributed by atoms with van der Waals surface area (Å²) in [6.45, 7) is 10.9. The Morgan fingerprint density at radius 3 is 2.31 bits per heavy atom. The predicted octanol–water partition coefficient (Wildman–Crippen LogP) is 5.17. The molecule has 2 aromatic carbocycles. The second-order valence-corrected chi connectivity index (χ2v) is 7.93. The fourth-order valence-corrected chi connectivity index (χ4v) is 3.73. The van der Waals surface area contributed by atoms with Crippen LogP contribution < -0.4 is 0 Å². The maximum Gasteiger partial charge on any atom is 0.127 e. The van der Waals surface area contributed by atoms with Gasteiger partial charge in [-0.25, -0.2) is 0 Å². The van der Waals surface area contributed by atoms with Gasteiger partial charge in [0.2, 0.25) is 0 Å². The SMILES string of the molecule is Cc1nc2c[c-]c(-c3ncnn3-c3c(C(C)C)cccc3C(C)C)cc2n1C.[Ir]. The van der Waals surface area contributed by atoms with Crippen LogP contribution in [0.15, 0.2) is 36.7 Å². The van der Waals surface area contributed by atoms with Crippen molar-refractivity contribution >= 4 is 11.0 Å². The van der Waals surface area contributed by atoms with E-state index < -0.39 is 0 Å². The summed E-state index contributed by atoms with van der Waals surface area (Å²) < 4.78 is 4.07. The van der Waals surface area contributed by atoms with Crippen molar-refractivity contribution < 1.29 is 20.1 Å². The molecule has 0 atom stereocenters. The fourth-order valence-electron chi connectivity index (χ4n) is 3.73. The van der Waals surface area contributed by atoms with Gasteiger partial charge in [0.15, 0.2) is 0 Å². The maximum atomic E-state index is 4.62. The van der Waals surface area contributed by atoms with Crippen LogP contribution in [0.1, 0.15) is 56.5 Å². The summed E-state index contributed by atoms with van der Waals surface area (Å²) in [5, 5.41) is 4.62. The van der Waals surface area contributed by atoms with Gasteiger partial charge in [-0.3, -0.25) is 14.6 Å². The Bertz CT molecular complexity index is 1130. The van der Waals surface area contributed by atoms with Crippen molar-refractivity contribution in [1.82, 2.24) is 24.3 Å². The standard InChI is InChI=1S/C23H26N5.Ir/c1-14(2)18-8-7-9-19(15(3)4)22(18)28-23(24-13-25-28)17-10-11-20-21(12-17)27(6)16(5)26-20;/h7-9,11-15H,1-6H3;/q-1;. The predicted molar refractivity (Wildman–Crippen MR) is 113 cm³/mol. The van der Waals surface area contributed by atoms with Crippen molar-refractivity contribution in [3.05, 3.63) is 59.7 Å². The monoisotopic (exact) mass is 565 g/mol. The van der Waals surface area contributed by atoms with Gasteiger partial charge in [-0.05, 0) is 35.4 Å². The number of aryl methyl sites for hydroxylation is 2. The van der Waals surface area contributed by atoms with E-state index in [-0.39, 0.29) is 20.1 Å². The molecule has 0 saturated heterocycles. The minimum absolute atomic E-state index is 0. The molecule has 0 fully saturated rings. The van der Waals surface area contributed by atoms with Crippen LogP contribution in [0.2, 0.25) is 0 Å². The van der Waals surface area contributed by atoms with Crippen molar-refractivity contribution in [1.29, 1.82) is 0 Å². The quantitative estimate of drug-likeness (QED) is 0.321. The average molecular weight is 565 g/mol. The first-order chi connectivity index (χ1) is 13.4. The maximum absolute atomic E-state index is 4.62. The van der Waals surface area contributed by atoms with E-state index >= 15 is 0 Å². The van der Waals surface area contributed by atoms with E-state index in [1.165, 1.54) is 11.1 Å². The second-order valence-electron chi connectivity index (χ2n) is 7.93. The first kappa shape index (κ1) is 21.4. The van der Waals surface area contributed by atoms with Crippen molar-refractivity contribution in [2.75, 3.05) is 0 Å². The van der Waals surface area contributed by atoms with Crippen LogP contribution in [0.5, 0.6) is 0 Å². The molecular weight excluding hydrogens is 539 g/mol. The Morgan fingerprint density at radius 1 is 1.03 bits per heavy atom. The molecule has 0 aliphatic heterocycles. The number of aromatic nitrogens is 5. The van der Waals surface area contributed by atoms with Gasteiger partial charge in [0, 0.05) is 32.7 Å². The van der Waals surface area contributed by atoms with E-state index in [1.54, 1.807) is 6.33 Å². The molecule has 0 amide bonds. The fraction of sp³-hybridized carbons (Fsp3) is 0.348. The molecule has 0 N–H and O–H groups in total. The van der Waals surface area contributed by atoms with Gasteiger partial charge in [-0.2, -0.15) is 5.10 Å². The minimum atomic E-state index is 0. The topological polar surface area (TPSA) is 48.5 Å². The normalized spacial score (nSPS) is 11.4. The Balaban J connectivity index is 0.00000240. The molecule has 0 aliphatic rings. The number of fused-ring (bicyclic) bond motifs is 1. The summed E-state index contributed by atoms with van der Waals surface area (Å²) in [5.74, 6) is 2.55. The largest absolute Gasteiger partial charge is 0.349 e.